The van der Waals surface area contributed by atoms with Crippen molar-refractivity contribution in [3.05, 3.63) is 36.0 Å². The second-order valence-corrected chi connectivity index (χ2v) is 6.91. The van der Waals surface area contributed by atoms with Crippen LogP contribution < -0.4 is 4.72 Å². The fraction of sp³-hybridized carbons (Fsp3) is 0.429. The molecule has 0 atom stereocenters. The molecule has 0 radical (unpaired) electrons. The molecular weight excluding hydrogens is 316 g/mol. The van der Waals surface area contributed by atoms with Crippen LogP contribution in [0.5, 0.6) is 0 Å². The van der Waals surface area contributed by atoms with Crippen molar-refractivity contribution in [1.82, 2.24) is 24.2 Å². The fourth-order valence-electron chi connectivity index (χ4n) is 1.85. The van der Waals surface area contributed by atoms with Crippen molar-refractivity contribution in [2.24, 2.45) is 0 Å². The Labute approximate surface area is 138 Å². The summed E-state index contributed by atoms with van der Waals surface area (Å²) in [6.07, 6.45) is 7.35. The fourth-order valence-corrected chi connectivity index (χ4v) is 3.49. The summed E-state index contributed by atoms with van der Waals surface area (Å²) in [5.74, 6) is 1.76. The van der Waals surface area contributed by atoms with Crippen LogP contribution in [0.25, 0.3) is 0 Å². The summed E-state index contributed by atoms with van der Waals surface area (Å²) in [5, 5.41) is 0.801. The number of hydrogen-bond acceptors (Lipinski definition) is 8. The Morgan fingerprint density at radius 3 is 2.91 bits per heavy atom. The molecule has 2 aromatic rings. The van der Waals surface area contributed by atoms with Crippen LogP contribution in [0.2, 0.25) is 0 Å². The van der Waals surface area contributed by atoms with Crippen LogP contribution in [0.3, 0.4) is 0 Å². The van der Waals surface area contributed by atoms with E-state index < -0.39 is 0 Å². The van der Waals surface area contributed by atoms with Gasteiger partial charge in [0.2, 0.25) is 0 Å². The number of aromatic nitrogens is 4. The molecule has 0 unspecified atom stereocenters. The van der Waals surface area contributed by atoms with Crippen molar-refractivity contribution in [2.75, 3.05) is 23.6 Å². The van der Waals surface area contributed by atoms with Crippen LogP contribution in [0, 0.1) is 6.92 Å². The Kier molecular flexibility index (Phi) is 5.47. The minimum absolute atomic E-state index is 0.801. The highest BCUT2D eigenvalue weighted by Crippen LogP contribution is 2.22. The predicted molar refractivity (Wildman–Crippen MR) is 90.6 cm³/mol. The van der Waals surface area contributed by atoms with E-state index in [2.05, 4.69) is 29.0 Å². The Hall–Kier alpha value is -1.38. The van der Waals surface area contributed by atoms with Gasteiger partial charge in [0.25, 0.3) is 0 Å². The molecule has 0 aromatic carbocycles. The van der Waals surface area contributed by atoms with E-state index in [4.69, 9.17) is 0 Å². The normalized spacial score (nSPS) is 14.6. The van der Waals surface area contributed by atoms with Crippen LogP contribution in [0.4, 0.5) is 5.82 Å². The maximum atomic E-state index is 4.55. The van der Waals surface area contributed by atoms with E-state index in [9.17, 15) is 0 Å². The van der Waals surface area contributed by atoms with Gasteiger partial charge in [0, 0.05) is 67.7 Å². The number of thioether (sulfide) groups is 1. The van der Waals surface area contributed by atoms with E-state index >= 15 is 0 Å². The zero-order valence-electron chi connectivity index (χ0n) is 12.4. The molecular formula is C14H18N6S2. The third-order valence-electron chi connectivity index (χ3n) is 3.13. The Balaban J connectivity index is 1.52. The minimum atomic E-state index is 0.801. The van der Waals surface area contributed by atoms with Crippen molar-refractivity contribution in [3.63, 3.8) is 0 Å². The largest absolute Gasteiger partial charge is 0.301 e. The summed E-state index contributed by atoms with van der Waals surface area (Å²) in [6.45, 7) is 4.27. The summed E-state index contributed by atoms with van der Waals surface area (Å²) >= 11 is 3.26. The van der Waals surface area contributed by atoms with Gasteiger partial charge < -0.3 is 4.72 Å². The first-order valence-electron chi connectivity index (χ1n) is 7.21. The maximum absolute atomic E-state index is 4.55. The Bertz CT molecular complexity index is 606. The van der Waals surface area contributed by atoms with E-state index in [-0.39, 0.29) is 0 Å². The lowest BCUT2D eigenvalue weighted by molar-refractivity contribution is 0.345. The first-order chi connectivity index (χ1) is 10.8. The van der Waals surface area contributed by atoms with Crippen LogP contribution in [0.15, 0.2) is 29.8 Å². The van der Waals surface area contributed by atoms with Crippen molar-refractivity contribution in [3.8, 4) is 0 Å². The SMILES string of the molecule is Cc1cc(NSN2CCC2)nc(SCCc2cnccn2)n1. The highest BCUT2D eigenvalue weighted by molar-refractivity contribution is 7.99. The lowest BCUT2D eigenvalue weighted by Gasteiger charge is -2.28. The number of hydrogen-bond donors (Lipinski definition) is 1. The van der Waals surface area contributed by atoms with Crippen molar-refractivity contribution < 1.29 is 0 Å². The zero-order valence-corrected chi connectivity index (χ0v) is 14.0. The standard InChI is InChI=1S/C14H18N6S2/c1-11-9-13(19-22-20-6-2-7-20)18-14(17-11)21-8-3-12-10-15-4-5-16-12/h4-5,9-10H,2-3,6-8H2,1H3,(H,17,18,19). The predicted octanol–water partition coefficient (Wildman–Crippen LogP) is 2.59. The van der Waals surface area contributed by atoms with Gasteiger partial charge in [-0.3, -0.25) is 9.97 Å². The average molecular weight is 334 g/mol. The molecule has 3 rings (SSSR count). The topological polar surface area (TPSA) is 66.8 Å². The molecule has 1 aliphatic rings. The summed E-state index contributed by atoms with van der Waals surface area (Å²) < 4.78 is 5.57. The quantitative estimate of drug-likeness (QED) is 0.471. The molecule has 0 bridgehead atoms. The summed E-state index contributed by atoms with van der Waals surface area (Å²) in [6, 6.07) is 1.97. The second-order valence-electron chi connectivity index (χ2n) is 4.95. The molecule has 8 heteroatoms. The molecule has 116 valence electrons. The summed E-state index contributed by atoms with van der Waals surface area (Å²) in [4.78, 5) is 17.4. The maximum Gasteiger partial charge on any atom is 0.189 e. The number of anilines is 1. The Morgan fingerprint density at radius 2 is 2.18 bits per heavy atom. The number of aryl methyl sites for hydroxylation is 2. The minimum Gasteiger partial charge on any atom is -0.301 e. The van der Waals surface area contributed by atoms with Crippen LogP contribution in [0.1, 0.15) is 17.8 Å². The zero-order chi connectivity index (χ0) is 15.2. The van der Waals surface area contributed by atoms with E-state index in [1.54, 1.807) is 42.5 Å². The third-order valence-corrected chi connectivity index (χ3v) is 4.91. The van der Waals surface area contributed by atoms with Crippen LogP contribution >= 0.6 is 23.9 Å². The molecule has 1 aliphatic heterocycles. The lowest BCUT2D eigenvalue weighted by Crippen LogP contribution is -2.31. The van der Waals surface area contributed by atoms with E-state index in [1.807, 2.05) is 13.0 Å². The number of nitrogens with one attached hydrogen (secondary N) is 1. The molecule has 1 fully saturated rings. The van der Waals surface area contributed by atoms with Crippen LogP contribution in [-0.4, -0.2) is 43.1 Å². The molecule has 1 saturated heterocycles. The lowest BCUT2D eigenvalue weighted by atomic mass is 10.3. The highest BCUT2D eigenvalue weighted by atomic mass is 32.2. The van der Waals surface area contributed by atoms with E-state index in [1.165, 1.54) is 6.42 Å². The van der Waals surface area contributed by atoms with Gasteiger partial charge in [0.05, 0.1) is 5.69 Å². The summed E-state index contributed by atoms with van der Waals surface area (Å²) in [5.41, 5.74) is 1.97. The smallest absolute Gasteiger partial charge is 0.189 e. The van der Waals surface area contributed by atoms with Gasteiger partial charge in [-0.1, -0.05) is 11.8 Å². The van der Waals surface area contributed by atoms with Crippen molar-refractivity contribution in [2.45, 2.75) is 24.9 Å². The molecule has 1 N–H and O–H groups in total. The second kappa shape index (κ2) is 7.75. The molecule has 6 nitrogen and oxygen atoms in total. The highest BCUT2D eigenvalue weighted by Gasteiger charge is 2.14. The van der Waals surface area contributed by atoms with Crippen LogP contribution in [-0.2, 0) is 6.42 Å². The first-order valence-corrected chi connectivity index (χ1v) is 8.97. The first kappa shape index (κ1) is 15.5. The van der Waals surface area contributed by atoms with Gasteiger partial charge in [0.1, 0.15) is 5.82 Å². The molecule has 0 aliphatic carbocycles. The van der Waals surface area contributed by atoms with Gasteiger partial charge in [-0.15, -0.1) is 0 Å². The third kappa shape index (κ3) is 4.56. The summed E-state index contributed by atoms with van der Waals surface area (Å²) in [7, 11) is 0. The van der Waals surface area contributed by atoms with Gasteiger partial charge in [-0.25, -0.2) is 14.3 Å². The molecule has 22 heavy (non-hydrogen) atoms. The van der Waals surface area contributed by atoms with Crippen molar-refractivity contribution >= 4 is 29.7 Å². The molecule has 3 heterocycles. The number of rotatable bonds is 7. The Morgan fingerprint density at radius 1 is 1.27 bits per heavy atom. The molecule has 0 amide bonds. The average Bonchev–Trinajstić information content (AvgIpc) is 2.46. The molecule has 2 aromatic heterocycles. The van der Waals surface area contributed by atoms with E-state index in [0.717, 1.165) is 47.6 Å². The van der Waals surface area contributed by atoms with Gasteiger partial charge in [-0.2, -0.15) is 0 Å². The number of nitrogens with zero attached hydrogens (tertiary/aromatic N) is 5. The molecule has 0 saturated carbocycles. The van der Waals surface area contributed by atoms with Crippen molar-refractivity contribution in [1.29, 1.82) is 0 Å². The van der Waals surface area contributed by atoms with Gasteiger partial charge in [-0.05, 0) is 13.3 Å². The molecule has 0 spiro atoms. The van der Waals surface area contributed by atoms with Gasteiger partial charge >= 0.3 is 0 Å². The monoisotopic (exact) mass is 334 g/mol. The van der Waals surface area contributed by atoms with E-state index in [0.29, 0.717) is 0 Å². The van der Waals surface area contributed by atoms with Gasteiger partial charge in [0.15, 0.2) is 5.16 Å².